The lowest BCUT2D eigenvalue weighted by Gasteiger charge is -2.08. The molecule has 0 saturated heterocycles. The lowest BCUT2D eigenvalue weighted by Crippen LogP contribution is -2.14. The number of carbonyl (C=O) groups excluding carboxylic acids is 1. The molecule has 0 radical (unpaired) electrons. The van der Waals surface area contributed by atoms with Gasteiger partial charge < -0.3 is 19.8 Å². The third-order valence-corrected chi connectivity index (χ3v) is 2.37. The molecule has 108 valence electrons. The van der Waals surface area contributed by atoms with Gasteiger partial charge in [0, 0.05) is 6.54 Å². The number of aryl methyl sites for hydroxylation is 1. The summed E-state index contributed by atoms with van der Waals surface area (Å²) in [6.45, 7) is 3.24. The predicted octanol–water partition coefficient (Wildman–Crippen LogP) is 1.23. The Labute approximate surface area is 109 Å². The smallest absolute Gasteiger partial charge is 0.360 e. The maximum atomic E-state index is 11.9. The Morgan fingerprint density at radius 1 is 1.53 bits per heavy atom. The highest BCUT2D eigenvalue weighted by Crippen LogP contribution is 2.15. The standard InChI is InChI=1S/C11H17F2N3O3/c1-3-19-11(17)9-10(14)16(7(2)15-9)4-5-18-6-8(12)13/h8H,3-6,14H2,1-2H3. The van der Waals surface area contributed by atoms with Crippen LogP contribution in [0.25, 0.3) is 0 Å². The summed E-state index contributed by atoms with van der Waals surface area (Å²) in [7, 11) is 0. The van der Waals surface area contributed by atoms with Crippen LogP contribution in [0.4, 0.5) is 14.6 Å². The number of rotatable bonds is 7. The summed E-state index contributed by atoms with van der Waals surface area (Å²) in [6.07, 6.45) is -2.50. The molecule has 6 nitrogen and oxygen atoms in total. The molecule has 0 saturated carbocycles. The van der Waals surface area contributed by atoms with Gasteiger partial charge in [-0.15, -0.1) is 0 Å². The molecule has 1 heterocycles. The number of alkyl halides is 2. The number of ether oxygens (including phenoxy) is 2. The van der Waals surface area contributed by atoms with Crippen molar-refractivity contribution in [3.05, 3.63) is 11.5 Å². The molecule has 19 heavy (non-hydrogen) atoms. The molecule has 0 aliphatic rings. The van der Waals surface area contributed by atoms with Crippen molar-refractivity contribution in [1.29, 1.82) is 0 Å². The highest BCUT2D eigenvalue weighted by atomic mass is 19.3. The van der Waals surface area contributed by atoms with Gasteiger partial charge in [-0.1, -0.05) is 0 Å². The lowest BCUT2D eigenvalue weighted by molar-refractivity contribution is 0.0148. The Hall–Kier alpha value is -1.70. The summed E-state index contributed by atoms with van der Waals surface area (Å²) >= 11 is 0. The number of esters is 1. The molecule has 0 spiro atoms. The van der Waals surface area contributed by atoms with Gasteiger partial charge in [-0.2, -0.15) is 0 Å². The number of carbonyl (C=O) groups is 1. The van der Waals surface area contributed by atoms with Crippen molar-refractivity contribution in [2.75, 3.05) is 25.6 Å². The summed E-state index contributed by atoms with van der Waals surface area (Å²) in [5, 5.41) is 0. The molecule has 1 aromatic rings. The maximum absolute atomic E-state index is 11.9. The predicted molar refractivity (Wildman–Crippen MR) is 64.2 cm³/mol. The van der Waals surface area contributed by atoms with Gasteiger partial charge in [0.05, 0.1) is 13.2 Å². The minimum Gasteiger partial charge on any atom is -0.461 e. The molecular formula is C11H17F2N3O3. The van der Waals surface area contributed by atoms with E-state index in [1.807, 2.05) is 0 Å². The number of imidazole rings is 1. The van der Waals surface area contributed by atoms with Crippen LogP contribution < -0.4 is 5.73 Å². The van der Waals surface area contributed by atoms with Crippen LogP contribution in [0.2, 0.25) is 0 Å². The van der Waals surface area contributed by atoms with E-state index in [0.717, 1.165) is 0 Å². The summed E-state index contributed by atoms with van der Waals surface area (Å²) in [4.78, 5) is 15.5. The maximum Gasteiger partial charge on any atom is 0.360 e. The van der Waals surface area contributed by atoms with E-state index in [9.17, 15) is 13.6 Å². The Kier molecular flexibility index (Phi) is 5.68. The van der Waals surface area contributed by atoms with E-state index < -0.39 is 19.0 Å². The monoisotopic (exact) mass is 277 g/mol. The normalized spacial score (nSPS) is 11.0. The molecule has 1 aromatic heterocycles. The van der Waals surface area contributed by atoms with Crippen LogP contribution in [0.5, 0.6) is 0 Å². The van der Waals surface area contributed by atoms with Gasteiger partial charge >= 0.3 is 5.97 Å². The van der Waals surface area contributed by atoms with E-state index in [4.69, 9.17) is 15.2 Å². The number of nitrogens with two attached hydrogens (primary N) is 1. The van der Waals surface area contributed by atoms with Crippen molar-refractivity contribution in [1.82, 2.24) is 9.55 Å². The second-order valence-corrected chi connectivity index (χ2v) is 3.73. The van der Waals surface area contributed by atoms with Crippen LogP contribution in [0.15, 0.2) is 0 Å². The number of aromatic nitrogens is 2. The minimum atomic E-state index is -2.50. The van der Waals surface area contributed by atoms with E-state index in [2.05, 4.69) is 4.98 Å². The van der Waals surface area contributed by atoms with Crippen molar-refractivity contribution in [3.63, 3.8) is 0 Å². The minimum absolute atomic E-state index is 0.0354. The molecule has 2 N–H and O–H groups in total. The fraction of sp³-hybridized carbons (Fsp3) is 0.636. The summed E-state index contributed by atoms with van der Waals surface area (Å²) in [5.41, 5.74) is 5.81. The molecule has 0 unspecified atom stereocenters. The van der Waals surface area contributed by atoms with Crippen molar-refractivity contribution < 1.29 is 23.0 Å². The van der Waals surface area contributed by atoms with E-state index >= 15 is 0 Å². The summed E-state index contributed by atoms with van der Waals surface area (Å²) in [6, 6.07) is 0. The highest BCUT2D eigenvalue weighted by Gasteiger charge is 2.19. The van der Waals surface area contributed by atoms with Crippen molar-refractivity contribution in [2.45, 2.75) is 26.8 Å². The van der Waals surface area contributed by atoms with Crippen molar-refractivity contribution >= 4 is 11.8 Å². The van der Waals surface area contributed by atoms with E-state index in [1.54, 1.807) is 13.8 Å². The number of hydrogen-bond acceptors (Lipinski definition) is 5. The second-order valence-electron chi connectivity index (χ2n) is 3.73. The van der Waals surface area contributed by atoms with Gasteiger partial charge in [-0.05, 0) is 13.8 Å². The average Bonchev–Trinajstić information content (AvgIpc) is 2.61. The van der Waals surface area contributed by atoms with Crippen molar-refractivity contribution in [2.24, 2.45) is 0 Å². The fourth-order valence-electron chi connectivity index (χ4n) is 1.54. The van der Waals surface area contributed by atoms with Gasteiger partial charge in [0.2, 0.25) is 0 Å². The first-order valence-corrected chi connectivity index (χ1v) is 5.83. The average molecular weight is 277 g/mol. The van der Waals surface area contributed by atoms with Crippen LogP contribution in [-0.2, 0) is 16.0 Å². The van der Waals surface area contributed by atoms with E-state index in [1.165, 1.54) is 4.57 Å². The fourth-order valence-corrected chi connectivity index (χ4v) is 1.54. The molecule has 0 bridgehead atoms. The molecule has 0 amide bonds. The Balaban J connectivity index is 2.66. The Bertz CT molecular complexity index is 435. The quantitative estimate of drug-likeness (QED) is 0.599. The number of nitrogens with zero attached hydrogens (tertiary/aromatic N) is 2. The molecule has 0 atom stereocenters. The second kappa shape index (κ2) is 7.03. The summed E-state index contributed by atoms with van der Waals surface area (Å²) in [5.74, 6) is 0.0492. The first kappa shape index (κ1) is 15.4. The van der Waals surface area contributed by atoms with E-state index in [0.29, 0.717) is 5.82 Å². The SMILES string of the molecule is CCOC(=O)c1nc(C)n(CCOCC(F)F)c1N. The third kappa shape index (κ3) is 4.16. The topological polar surface area (TPSA) is 79.4 Å². The number of hydrogen-bond donors (Lipinski definition) is 1. The largest absolute Gasteiger partial charge is 0.461 e. The molecule has 0 aliphatic carbocycles. The molecule has 0 fully saturated rings. The Morgan fingerprint density at radius 2 is 2.21 bits per heavy atom. The zero-order valence-electron chi connectivity index (χ0n) is 10.9. The highest BCUT2D eigenvalue weighted by molar-refractivity contribution is 5.92. The van der Waals surface area contributed by atoms with Gasteiger partial charge in [-0.25, -0.2) is 18.6 Å². The lowest BCUT2D eigenvalue weighted by atomic mass is 10.4. The molecule has 8 heteroatoms. The number of nitrogen functional groups attached to an aromatic ring is 1. The van der Waals surface area contributed by atoms with E-state index in [-0.39, 0.29) is 31.3 Å². The zero-order chi connectivity index (χ0) is 14.4. The van der Waals surface area contributed by atoms with Crippen LogP contribution >= 0.6 is 0 Å². The Morgan fingerprint density at radius 3 is 2.79 bits per heavy atom. The summed E-state index contributed by atoms with van der Waals surface area (Å²) < 4.78 is 34.9. The molecule has 0 aromatic carbocycles. The number of anilines is 1. The van der Waals surface area contributed by atoms with Crippen LogP contribution in [0.3, 0.4) is 0 Å². The van der Waals surface area contributed by atoms with Gasteiger partial charge in [-0.3, -0.25) is 0 Å². The van der Waals surface area contributed by atoms with Crippen molar-refractivity contribution in [3.8, 4) is 0 Å². The third-order valence-electron chi connectivity index (χ3n) is 2.37. The zero-order valence-corrected chi connectivity index (χ0v) is 10.9. The molecule has 0 aliphatic heterocycles. The van der Waals surface area contributed by atoms with Gasteiger partial charge in [0.15, 0.2) is 5.69 Å². The van der Waals surface area contributed by atoms with Crippen LogP contribution in [0.1, 0.15) is 23.2 Å². The molecular weight excluding hydrogens is 260 g/mol. The van der Waals surface area contributed by atoms with Gasteiger partial charge in [0.1, 0.15) is 18.2 Å². The van der Waals surface area contributed by atoms with Crippen LogP contribution in [-0.4, -0.2) is 41.8 Å². The van der Waals surface area contributed by atoms with Crippen LogP contribution in [0, 0.1) is 6.92 Å². The van der Waals surface area contributed by atoms with Gasteiger partial charge in [0.25, 0.3) is 6.43 Å². The first-order valence-electron chi connectivity index (χ1n) is 5.83. The first-order chi connectivity index (χ1) is 8.97. The number of halogens is 2. The molecule has 1 rings (SSSR count).